The molecule has 0 aromatic heterocycles. The van der Waals surface area contributed by atoms with Gasteiger partial charge in [-0.15, -0.1) is 0 Å². The average Bonchev–Trinajstić information content (AvgIpc) is 2.29. The van der Waals surface area contributed by atoms with Crippen molar-refractivity contribution in [3.05, 3.63) is 48.5 Å². The number of phenols is 1. The summed E-state index contributed by atoms with van der Waals surface area (Å²) in [4.78, 5) is 0.214. The number of aromatic hydroxyl groups is 1. The summed E-state index contributed by atoms with van der Waals surface area (Å²) < 4.78 is 20.3. The molecular weight excluding hydrogens is 224 g/mol. The van der Waals surface area contributed by atoms with Crippen LogP contribution in [0.15, 0.2) is 53.4 Å². The largest absolute Gasteiger partial charge is 0.507 e. The van der Waals surface area contributed by atoms with Crippen molar-refractivity contribution >= 4 is 11.1 Å². The van der Waals surface area contributed by atoms with Gasteiger partial charge in [0.25, 0.3) is 0 Å². The second-order valence-electron chi connectivity index (χ2n) is 3.27. The van der Waals surface area contributed by atoms with Gasteiger partial charge in [0.1, 0.15) is 5.75 Å². The maximum Gasteiger partial charge on any atom is 0.187 e. The third-order valence-corrected chi connectivity index (χ3v) is 2.97. The van der Waals surface area contributed by atoms with Gasteiger partial charge in [-0.1, -0.05) is 36.4 Å². The highest BCUT2D eigenvalue weighted by Crippen LogP contribution is 2.33. The highest BCUT2D eigenvalue weighted by molar-refractivity contribution is 7.79. The van der Waals surface area contributed by atoms with E-state index in [1.165, 1.54) is 12.1 Å². The van der Waals surface area contributed by atoms with E-state index in [1.807, 2.05) is 18.2 Å². The van der Waals surface area contributed by atoms with E-state index in [4.69, 9.17) is 4.55 Å². The molecule has 2 aromatic rings. The van der Waals surface area contributed by atoms with Crippen LogP contribution in [-0.4, -0.2) is 13.9 Å². The molecule has 0 bridgehead atoms. The summed E-state index contributed by atoms with van der Waals surface area (Å²) in [6.07, 6.45) is 0. The summed E-state index contributed by atoms with van der Waals surface area (Å²) >= 11 is -2.11. The molecule has 82 valence electrons. The van der Waals surface area contributed by atoms with Crippen molar-refractivity contribution in [1.82, 2.24) is 0 Å². The Morgan fingerprint density at radius 3 is 2.25 bits per heavy atom. The van der Waals surface area contributed by atoms with Gasteiger partial charge < -0.3 is 9.66 Å². The predicted octanol–water partition coefficient (Wildman–Crippen LogP) is 2.64. The average molecular weight is 234 g/mol. The zero-order valence-corrected chi connectivity index (χ0v) is 9.15. The van der Waals surface area contributed by atoms with Gasteiger partial charge in [-0.25, -0.2) is 4.21 Å². The Balaban J connectivity index is 2.68. The summed E-state index contributed by atoms with van der Waals surface area (Å²) in [5.41, 5.74) is 1.13. The number of hydrogen-bond donors (Lipinski definition) is 2. The third-order valence-electron chi connectivity index (χ3n) is 2.25. The summed E-state index contributed by atoms with van der Waals surface area (Å²) in [5.74, 6) is 0.00565. The molecule has 4 heteroatoms. The molecule has 0 spiro atoms. The summed E-state index contributed by atoms with van der Waals surface area (Å²) in [6, 6.07) is 13.6. The Kier molecular flexibility index (Phi) is 3.03. The molecule has 0 amide bonds. The predicted molar refractivity (Wildman–Crippen MR) is 62.6 cm³/mol. The zero-order chi connectivity index (χ0) is 11.5. The lowest BCUT2D eigenvalue weighted by molar-refractivity contribution is 0.475. The lowest BCUT2D eigenvalue weighted by Gasteiger charge is -2.08. The first-order valence-electron chi connectivity index (χ1n) is 4.68. The Morgan fingerprint density at radius 1 is 0.938 bits per heavy atom. The van der Waals surface area contributed by atoms with Crippen LogP contribution in [0.2, 0.25) is 0 Å². The van der Waals surface area contributed by atoms with Crippen LogP contribution < -0.4 is 0 Å². The van der Waals surface area contributed by atoms with E-state index >= 15 is 0 Å². The van der Waals surface area contributed by atoms with Crippen molar-refractivity contribution in [2.45, 2.75) is 4.90 Å². The molecule has 2 aromatic carbocycles. The van der Waals surface area contributed by atoms with Crippen LogP contribution in [0.3, 0.4) is 0 Å². The molecule has 0 aliphatic carbocycles. The lowest BCUT2D eigenvalue weighted by atomic mass is 10.0. The van der Waals surface area contributed by atoms with Crippen molar-refractivity contribution in [3.8, 4) is 16.9 Å². The zero-order valence-electron chi connectivity index (χ0n) is 8.33. The topological polar surface area (TPSA) is 57.5 Å². The molecule has 0 saturated carbocycles. The Morgan fingerprint density at radius 2 is 1.62 bits per heavy atom. The molecule has 0 aliphatic heterocycles. The second kappa shape index (κ2) is 4.47. The van der Waals surface area contributed by atoms with E-state index in [2.05, 4.69) is 0 Å². The van der Waals surface area contributed by atoms with Gasteiger partial charge in [-0.3, -0.25) is 0 Å². The number of benzene rings is 2. The van der Waals surface area contributed by atoms with Gasteiger partial charge in [0.2, 0.25) is 0 Å². The van der Waals surface area contributed by atoms with Crippen LogP contribution in [0.25, 0.3) is 11.1 Å². The quantitative estimate of drug-likeness (QED) is 0.785. The van der Waals surface area contributed by atoms with Crippen LogP contribution >= 0.6 is 0 Å². The number of phenolic OH excluding ortho intramolecular Hbond substituents is 1. The number of hydrogen-bond acceptors (Lipinski definition) is 2. The molecule has 1 unspecified atom stereocenters. The maximum atomic E-state index is 11.1. The summed E-state index contributed by atoms with van der Waals surface area (Å²) in [5, 5.41) is 9.75. The van der Waals surface area contributed by atoms with Gasteiger partial charge in [0, 0.05) is 5.56 Å². The minimum Gasteiger partial charge on any atom is -0.507 e. The van der Waals surface area contributed by atoms with Gasteiger partial charge in [0.05, 0.1) is 4.90 Å². The third kappa shape index (κ3) is 1.98. The molecule has 1 atom stereocenters. The van der Waals surface area contributed by atoms with Crippen LogP contribution in [0.5, 0.6) is 5.75 Å². The standard InChI is InChI=1S/C12H10O3S/c13-10-7-4-8-11(16(14)15)12(10)9-5-2-1-3-6-9/h1-8,13H,(H,14,15). The molecular formula is C12H10O3S. The molecule has 0 radical (unpaired) electrons. The fourth-order valence-corrected chi connectivity index (χ4v) is 2.15. The van der Waals surface area contributed by atoms with Crippen molar-refractivity contribution in [2.24, 2.45) is 0 Å². The second-order valence-corrected chi connectivity index (χ2v) is 4.20. The smallest absolute Gasteiger partial charge is 0.187 e. The molecule has 2 rings (SSSR count). The van der Waals surface area contributed by atoms with Gasteiger partial charge in [0.15, 0.2) is 11.1 Å². The van der Waals surface area contributed by atoms with Crippen molar-refractivity contribution in [3.63, 3.8) is 0 Å². The molecule has 0 fully saturated rings. The van der Waals surface area contributed by atoms with E-state index in [1.54, 1.807) is 18.2 Å². The van der Waals surface area contributed by atoms with Crippen molar-refractivity contribution in [1.29, 1.82) is 0 Å². The summed E-state index contributed by atoms with van der Waals surface area (Å²) in [7, 11) is 0. The Hall–Kier alpha value is -1.65. The fraction of sp³-hybridized carbons (Fsp3) is 0. The monoisotopic (exact) mass is 234 g/mol. The Bertz CT molecular complexity index is 523. The lowest BCUT2D eigenvalue weighted by Crippen LogP contribution is -1.92. The van der Waals surface area contributed by atoms with E-state index in [9.17, 15) is 9.32 Å². The van der Waals surface area contributed by atoms with E-state index in [-0.39, 0.29) is 10.6 Å². The van der Waals surface area contributed by atoms with E-state index in [0.29, 0.717) is 5.56 Å². The first-order chi connectivity index (χ1) is 7.70. The molecule has 0 heterocycles. The fourth-order valence-electron chi connectivity index (χ4n) is 1.56. The molecule has 16 heavy (non-hydrogen) atoms. The van der Waals surface area contributed by atoms with Gasteiger partial charge in [-0.2, -0.15) is 0 Å². The normalized spacial score (nSPS) is 12.3. The first kappa shape index (κ1) is 10.9. The Labute approximate surface area is 95.7 Å². The van der Waals surface area contributed by atoms with E-state index < -0.39 is 11.1 Å². The van der Waals surface area contributed by atoms with Crippen LogP contribution in [0.1, 0.15) is 0 Å². The number of rotatable bonds is 2. The van der Waals surface area contributed by atoms with Gasteiger partial charge in [-0.05, 0) is 17.7 Å². The highest BCUT2D eigenvalue weighted by Gasteiger charge is 2.13. The first-order valence-corrected chi connectivity index (χ1v) is 5.79. The molecule has 0 saturated heterocycles. The van der Waals surface area contributed by atoms with Gasteiger partial charge >= 0.3 is 0 Å². The van der Waals surface area contributed by atoms with Crippen molar-refractivity contribution in [2.75, 3.05) is 0 Å². The molecule has 2 N–H and O–H groups in total. The minimum absolute atomic E-state index is 0.00565. The summed E-state index contributed by atoms with van der Waals surface area (Å²) in [6.45, 7) is 0. The molecule has 0 aliphatic rings. The highest BCUT2D eigenvalue weighted by atomic mass is 32.2. The SMILES string of the molecule is O=S(O)c1cccc(O)c1-c1ccccc1. The van der Waals surface area contributed by atoms with Crippen LogP contribution in [0, 0.1) is 0 Å². The van der Waals surface area contributed by atoms with Crippen LogP contribution in [0.4, 0.5) is 0 Å². The maximum absolute atomic E-state index is 11.1. The van der Waals surface area contributed by atoms with Crippen molar-refractivity contribution < 1.29 is 13.9 Å². The van der Waals surface area contributed by atoms with Crippen LogP contribution in [-0.2, 0) is 11.1 Å². The molecule has 3 nitrogen and oxygen atoms in total. The van der Waals surface area contributed by atoms with E-state index in [0.717, 1.165) is 5.56 Å². The minimum atomic E-state index is -2.11.